The topological polar surface area (TPSA) is 97.4 Å². The number of carbonyl (C=O) groups is 1. The Hall–Kier alpha value is -2.61. The highest BCUT2D eigenvalue weighted by Gasteiger charge is 2.19. The van der Waals surface area contributed by atoms with Crippen LogP contribution in [0.25, 0.3) is 0 Å². The molecule has 0 saturated heterocycles. The minimum absolute atomic E-state index is 0.0578. The third kappa shape index (κ3) is 3.34. The van der Waals surface area contributed by atoms with Gasteiger partial charge in [0.15, 0.2) is 0 Å². The maximum atomic E-state index is 12.3. The van der Waals surface area contributed by atoms with Crippen LogP contribution in [0.2, 0.25) is 0 Å². The molecule has 0 aliphatic rings. The second-order valence-electron chi connectivity index (χ2n) is 4.26. The number of rotatable bonds is 5. The van der Waals surface area contributed by atoms with Crippen LogP contribution < -0.4 is 14.8 Å². The minimum atomic E-state index is -3.85. The molecule has 0 aliphatic carbocycles. The number of methoxy groups -OCH3 is 1. The van der Waals surface area contributed by atoms with Crippen molar-refractivity contribution in [3.8, 4) is 5.75 Å². The van der Waals surface area contributed by atoms with Crippen LogP contribution in [0.1, 0.15) is 10.4 Å². The van der Waals surface area contributed by atoms with Crippen molar-refractivity contribution in [3.63, 3.8) is 0 Å². The van der Waals surface area contributed by atoms with Crippen molar-refractivity contribution in [3.05, 3.63) is 48.2 Å². The molecule has 0 spiro atoms. The third-order valence-corrected chi connectivity index (χ3v) is 4.21. The summed E-state index contributed by atoms with van der Waals surface area (Å²) in [4.78, 5) is 15.7. The molecule has 0 bridgehead atoms. The molecule has 22 heavy (non-hydrogen) atoms. The first-order valence-electron chi connectivity index (χ1n) is 6.32. The zero-order chi connectivity index (χ0) is 16.2. The summed E-state index contributed by atoms with van der Waals surface area (Å²) in [6.45, 7) is 0. The fourth-order valence-corrected chi connectivity index (χ4v) is 2.82. The van der Waals surface area contributed by atoms with E-state index in [2.05, 4.69) is 15.0 Å². The fourth-order valence-electron chi connectivity index (χ4n) is 1.79. The van der Waals surface area contributed by atoms with E-state index in [1.165, 1.54) is 44.6 Å². The summed E-state index contributed by atoms with van der Waals surface area (Å²) in [6, 6.07) is 8.90. The van der Waals surface area contributed by atoms with E-state index in [0.717, 1.165) is 0 Å². The lowest BCUT2D eigenvalue weighted by molar-refractivity contribution is 0.0960. The molecule has 0 unspecified atom stereocenters. The lowest BCUT2D eigenvalue weighted by atomic mass is 10.2. The van der Waals surface area contributed by atoms with Crippen molar-refractivity contribution in [2.75, 3.05) is 18.9 Å². The molecule has 2 rings (SSSR count). The van der Waals surface area contributed by atoms with E-state index >= 15 is 0 Å². The van der Waals surface area contributed by atoms with E-state index in [1.54, 1.807) is 12.1 Å². The number of anilines is 1. The first kappa shape index (κ1) is 15.8. The van der Waals surface area contributed by atoms with Gasteiger partial charge in [-0.3, -0.25) is 9.52 Å². The van der Waals surface area contributed by atoms with Gasteiger partial charge in [-0.1, -0.05) is 6.07 Å². The summed E-state index contributed by atoms with van der Waals surface area (Å²) in [5.41, 5.74) is 0.133. The predicted octanol–water partition coefficient (Wildman–Crippen LogP) is 1.25. The number of sulfonamides is 1. The van der Waals surface area contributed by atoms with Gasteiger partial charge in [-0.2, -0.15) is 0 Å². The van der Waals surface area contributed by atoms with Crippen molar-refractivity contribution < 1.29 is 17.9 Å². The molecule has 0 fully saturated rings. The molecule has 0 atom stereocenters. The molecule has 2 N–H and O–H groups in total. The number of carbonyl (C=O) groups excluding carboxylic acids is 1. The van der Waals surface area contributed by atoms with E-state index in [9.17, 15) is 13.2 Å². The van der Waals surface area contributed by atoms with Gasteiger partial charge in [-0.05, 0) is 30.3 Å². The molecule has 7 nitrogen and oxygen atoms in total. The SMILES string of the molecule is CNC(=O)c1cc(S(=O)(=O)Nc2ccccn2)ccc1OC. The van der Waals surface area contributed by atoms with Gasteiger partial charge in [0.2, 0.25) is 0 Å². The Morgan fingerprint density at radius 3 is 2.59 bits per heavy atom. The van der Waals surface area contributed by atoms with Crippen LogP contribution in [0.15, 0.2) is 47.5 Å². The second-order valence-corrected chi connectivity index (χ2v) is 5.94. The van der Waals surface area contributed by atoms with Crippen molar-refractivity contribution in [2.45, 2.75) is 4.90 Å². The Bertz CT molecular complexity index is 776. The molecule has 0 aliphatic heterocycles. The number of ether oxygens (including phenoxy) is 1. The van der Waals surface area contributed by atoms with Gasteiger partial charge >= 0.3 is 0 Å². The van der Waals surface area contributed by atoms with Crippen molar-refractivity contribution >= 4 is 21.7 Å². The average Bonchev–Trinajstić information content (AvgIpc) is 2.54. The average molecular weight is 321 g/mol. The number of amides is 1. The molecule has 0 saturated carbocycles. The van der Waals surface area contributed by atoms with Gasteiger partial charge in [-0.25, -0.2) is 13.4 Å². The first-order valence-corrected chi connectivity index (χ1v) is 7.80. The summed E-state index contributed by atoms with van der Waals surface area (Å²) >= 11 is 0. The second kappa shape index (κ2) is 6.44. The van der Waals surface area contributed by atoms with Gasteiger partial charge in [0, 0.05) is 13.2 Å². The largest absolute Gasteiger partial charge is 0.496 e. The van der Waals surface area contributed by atoms with Crippen LogP contribution in [0.4, 0.5) is 5.82 Å². The zero-order valence-corrected chi connectivity index (χ0v) is 12.8. The fraction of sp³-hybridized carbons (Fsp3) is 0.143. The highest BCUT2D eigenvalue weighted by molar-refractivity contribution is 7.92. The number of nitrogens with zero attached hydrogens (tertiary/aromatic N) is 1. The molecule has 1 aromatic carbocycles. The summed E-state index contributed by atoms with van der Waals surface area (Å²) in [7, 11) is -0.992. The Labute approximate surface area is 128 Å². The van der Waals surface area contributed by atoms with Crippen LogP contribution in [0.5, 0.6) is 5.75 Å². The molecule has 1 heterocycles. The standard InChI is InChI=1S/C14H15N3O4S/c1-15-14(18)11-9-10(6-7-12(11)21-2)22(19,20)17-13-5-3-4-8-16-13/h3-9H,1-2H3,(H,15,18)(H,16,17). The minimum Gasteiger partial charge on any atom is -0.496 e. The Morgan fingerprint density at radius 1 is 1.23 bits per heavy atom. The van der Waals surface area contributed by atoms with E-state index in [0.29, 0.717) is 0 Å². The maximum Gasteiger partial charge on any atom is 0.263 e. The predicted molar refractivity (Wildman–Crippen MR) is 81.4 cm³/mol. The van der Waals surface area contributed by atoms with Crippen LogP contribution in [0, 0.1) is 0 Å². The van der Waals surface area contributed by atoms with Crippen LogP contribution in [0.3, 0.4) is 0 Å². The smallest absolute Gasteiger partial charge is 0.263 e. The highest BCUT2D eigenvalue weighted by atomic mass is 32.2. The maximum absolute atomic E-state index is 12.3. The number of benzene rings is 1. The summed E-state index contributed by atoms with van der Waals surface area (Å²) < 4.78 is 32.1. The molecule has 0 radical (unpaired) electrons. The molecule has 8 heteroatoms. The number of aromatic nitrogens is 1. The summed E-state index contributed by atoms with van der Waals surface area (Å²) in [5.74, 6) is 0.0442. The van der Waals surface area contributed by atoms with Gasteiger partial charge in [-0.15, -0.1) is 0 Å². The molecule has 116 valence electrons. The Kier molecular flexibility index (Phi) is 4.62. The van der Waals surface area contributed by atoms with Gasteiger partial charge in [0.05, 0.1) is 17.6 Å². The van der Waals surface area contributed by atoms with Crippen molar-refractivity contribution in [1.82, 2.24) is 10.3 Å². The number of pyridine rings is 1. The highest BCUT2D eigenvalue weighted by Crippen LogP contribution is 2.23. The molecule has 1 amide bonds. The lowest BCUT2D eigenvalue weighted by Gasteiger charge is -2.11. The lowest BCUT2D eigenvalue weighted by Crippen LogP contribution is -2.20. The van der Waals surface area contributed by atoms with E-state index in [4.69, 9.17) is 4.74 Å². The Balaban J connectivity index is 2.41. The third-order valence-electron chi connectivity index (χ3n) is 2.86. The normalized spacial score (nSPS) is 10.8. The number of hydrogen-bond acceptors (Lipinski definition) is 5. The van der Waals surface area contributed by atoms with Gasteiger partial charge in [0.25, 0.3) is 15.9 Å². The van der Waals surface area contributed by atoms with Gasteiger partial charge < -0.3 is 10.1 Å². The quantitative estimate of drug-likeness (QED) is 0.864. The summed E-state index contributed by atoms with van der Waals surface area (Å²) in [5, 5.41) is 2.44. The molecular formula is C14H15N3O4S. The van der Waals surface area contributed by atoms with E-state index < -0.39 is 15.9 Å². The molecule has 1 aromatic heterocycles. The monoisotopic (exact) mass is 321 g/mol. The number of hydrogen-bond donors (Lipinski definition) is 2. The van der Waals surface area contributed by atoms with Crippen molar-refractivity contribution in [1.29, 1.82) is 0 Å². The van der Waals surface area contributed by atoms with Crippen LogP contribution >= 0.6 is 0 Å². The first-order chi connectivity index (χ1) is 10.5. The summed E-state index contributed by atoms with van der Waals surface area (Å²) in [6.07, 6.45) is 1.47. The molecule has 2 aromatic rings. The van der Waals surface area contributed by atoms with Crippen LogP contribution in [-0.4, -0.2) is 33.5 Å². The number of nitrogens with one attached hydrogen (secondary N) is 2. The zero-order valence-electron chi connectivity index (χ0n) is 12.0. The van der Waals surface area contributed by atoms with E-state index in [1.807, 2.05) is 0 Å². The van der Waals surface area contributed by atoms with E-state index in [-0.39, 0.29) is 22.0 Å². The van der Waals surface area contributed by atoms with Crippen molar-refractivity contribution in [2.24, 2.45) is 0 Å². The molecular weight excluding hydrogens is 306 g/mol. The van der Waals surface area contributed by atoms with Crippen LogP contribution in [-0.2, 0) is 10.0 Å². The van der Waals surface area contributed by atoms with Gasteiger partial charge in [0.1, 0.15) is 11.6 Å². The Morgan fingerprint density at radius 2 is 2.00 bits per heavy atom.